The van der Waals surface area contributed by atoms with E-state index < -0.39 is 17.6 Å². The van der Waals surface area contributed by atoms with E-state index in [0.29, 0.717) is 37.1 Å². The van der Waals surface area contributed by atoms with Gasteiger partial charge in [-0.3, -0.25) is 19.3 Å². The fourth-order valence-electron chi connectivity index (χ4n) is 4.87. The Morgan fingerprint density at radius 3 is 2.32 bits per heavy atom. The quantitative estimate of drug-likeness (QED) is 0.753. The first-order valence-electron chi connectivity index (χ1n) is 11.8. The van der Waals surface area contributed by atoms with Gasteiger partial charge in [0.05, 0.1) is 6.61 Å². The van der Waals surface area contributed by atoms with E-state index in [1.807, 2.05) is 25.1 Å². The number of hydrogen-bond donors (Lipinski definition) is 1. The van der Waals surface area contributed by atoms with Crippen LogP contribution in [0, 0.1) is 12.7 Å². The molecule has 1 atom stereocenters. The lowest BCUT2D eigenvalue weighted by Crippen LogP contribution is -2.60. The van der Waals surface area contributed by atoms with Crippen molar-refractivity contribution in [1.29, 1.82) is 0 Å². The third-order valence-corrected chi connectivity index (χ3v) is 7.00. The van der Waals surface area contributed by atoms with Gasteiger partial charge in [-0.1, -0.05) is 18.2 Å². The number of carbonyl (C=O) groups is 3. The van der Waals surface area contributed by atoms with E-state index in [-0.39, 0.29) is 30.4 Å². The van der Waals surface area contributed by atoms with Crippen LogP contribution < -0.4 is 5.32 Å². The molecule has 2 aromatic carbocycles. The molecular weight excluding hydrogens is 437 g/mol. The molecule has 0 bridgehead atoms. The van der Waals surface area contributed by atoms with E-state index in [1.165, 1.54) is 24.3 Å². The second kappa shape index (κ2) is 8.83. The van der Waals surface area contributed by atoms with Gasteiger partial charge in [-0.25, -0.2) is 4.39 Å². The van der Waals surface area contributed by atoms with Crippen molar-refractivity contribution in [2.45, 2.75) is 50.4 Å². The summed E-state index contributed by atoms with van der Waals surface area (Å²) in [5.41, 5.74) is 0.838. The first-order valence-corrected chi connectivity index (χ1v) is 11.8. The summed E-state index contributed by atoms with van der Waals surface area (Å²) < 4.78 is 19.5. The van der Waals surface area contributed by atoms with Crippen LogP contribution >= 0.6 is 0 Å². The minimum Gasteiger partial charge on any atom is -0.353 e. The maximum atomic E-state index is 13.8. The zero-order valence-corrected chi connectivity index (χ0v) is 19.1. The average Bonchev–Trinajstić information content (AvgIpc) is 3.58. The lowest BCUT2D eigenvalue weighted by atomic mass is 9.95. The predicted octanol–water partition coefficient (Wildman–Crippen LogP) is 2.89. The highest BCUT2D eigenvalue weighted by atomic mass is 19.1. The molecule has 2 heterocycles. The van der Waals surface area contributed by atoms with Crippen LogP contribution in [0.2, 0.25) is 0 Å². The molecule has 178 valence electrons. The number of amides is 3. The summed E-state index contributed by atoms with van der Waals surface area (Å²) in [5.74, 6) is -1.00. The molecule has 1 N–H and O–H groups in total. The van der Waals surface area contributed by atoms with E-state index >= 15 is 0 Å². The SMILES string of the molecule is Cc1ccccc1C(=O)N1[C@@H](C(=O)NC2CC2)COC12CCN(C(=O)c1ccc(F)cc1)CC2. The number of piperidine rings is 1. The molecular formula is C26H28FN3O4. The summed E-state index contributed by atoms with van der Waals surface area (Å²) >= 11 is 0. The van der Waals surface area contributed by atoms with E-state index in [1.54, 1.807) is 15.9 Å². The smallest absolute Gasteiger partial charge is 0.257 e. The van der Waals surface area contributed by atoms with Gasteiger partial charge in [-0.15, -0.1) is 0 Å². The number of aryl methyl sites for hydroxylation is 1. The molecule has 1 spiro atoms. The first-order chi connectivity index (χ1) is 16.4. The fourth-order valence-corrected chi connectivity index (χ4v) is 4.87. The Morgan fingerprint density at radius 2 is 1.68 bits per heavy atom. The van der Waals surface area contributed by atoms with Crippen molar-refractivity contribution < 1.29 is 23.5 Å². The van der Waals surface area contributed by atoms with E-state index in [0.717, 1.165) is 18.4 Å². The molecule has 2 saturated heterocycles. The molecule has 2 aromatic rings. The standard InChI is InChI=1S/C26H28FN3O4/c1-17-4-2-3-5-21(17)25(33)30-22(23(31)28-20-10-11-20)16-34-26(30)12-14-29(15-13-26)24(32)18-6-8-19(27)9-7-18/h2-9,20,22H,10-16H2,1H3,(H,28,31)/t22-/m1/s1. The molecule has 0 unspecified atom stereocenters. The molecule has 1 saturated carbocycles. The molecule has 0 aromatic heterocycles. The molecule has 1 aliphatic carbocycles. The number of likely N-dealkylation sites (tertiary alicyclic amines) is 1. The van der Waals surface area contributed by atoms with Crippen molar-refractivity contribution in [2.24, 2.45) is 0 Å². The zero-order chi connectivity index (χ0) is 23.9. The molecule has 3 aliphatic rings. The number of halogens is 1. The number of benzene rings is 2. The first kappa shape index (κ1) is 22.5. The summed E-state index contributed by atoms with van der Waals surface area (Å²) in [7, 11) is 0. The number of carbonyl (C=O) groups excluding carboxylic acids is 3. The van der Waals surface area contributed by atoms with Crippen LogP contribution in [-0.4, -0.2) is 65.0 Å². The van der Waals surface area contributed by atoms with Gasteiger partial charge in [0.2, 0.25) is 5.91 Å². The van der Waals surface area contributed by atoms with Crippen molar-refractivity contribution in [3.05, 3.63) is 71.0 Å². The summed E-state index contributed by atoms with van der Waals surface area (Å²) in [6.07, 6.45) is 2.70. The van der Waals surface area contributed by atoms with Crippen LogP contribution in [0.4, 0.5) is 4.39 Å². The molecule has 3 amide bonds. The largest absolute Gasteiger partial charge is 0.353 e. The summed E-state index contributed by atoms with van der Waals surface area (Å²) in [6.45, 7) is 2.73. The Balaban J connectivity index is 1.38. The van der Waals surface area contributed by atoms with Gasteiger partial charge in [0, 0.05) is 43.1 Å². The topological polar surface area (TPSA) is 79.0 Å². The molecule has 3 fully saturated rings. The van der Waals surface area contributed by atoms with Crippen molar-refractivity contribution in [3.8, 4) is 0 Å². The van der Waals surface area contributed by atoms with Gasteiger partial charge in [0.15, 0.2) is 0 Å². The Hall–Kier alpha value is -3.26. The molecule has 34 heavy (non-hydrogen) atoms. The highest BCUT2D eigenvalue weighted by Crippen LogP contribution is 2.39. The maximum absolute atomic E-state index is 13.8. The van der Waals surface area contributed by atoms with Gasteiger partial charge in [0.1, 0.15) is 17.6 Å². The molecule has 5 rings (SSSR count). The Kier molecular flexibility index (Phi) is 5.85. The fraction of sp³-hybridized carbons (Fsp3) is 0.423. The summed E-state index contributed by atoms with van der Waals surface area (Å²) in [5, 5.41) is 3.01. The zero-order valence-electron chi connectivity index (χ0n) is 19.1. The maximum Gasteiger partial charge on any atom is 0.257 e. The lowest BCUT2D eigenvalue weighted by molar-refractivity contribution is -0.128. The molecule has 0 radical (unpaired) electrons. The molecule has 7 nitrogen and oxygen atoms in total. The number of nitrogens with one attached hydrogen (secondary N) is 1. The lowest BCUT2D eigenvalue weighted by Gasteiger charge is -2.44. The van der Waals surface area contributed by atoms with Gasteiger partial charge >= 0.3 is 0 Å². The van der Waals surface area contributed by atoms with Crippen LogP contribution in [0.5, 0.6) is 0 Å². The Labute approximate surface area is 197 Å². The number of nitrogens with zero attached hydrogens (tertiary/aromatic N) is 2. The van der Waals surface area contributed by atoms with Crippen molar-refractivity contribution >= 4 is 17.7 Å². The number of ether oxygens (including phenoxy) is 1. The molecule has 2 aliphatic heterocycles. The van der Waals surface area contributed by atoms with Crippen molar-refractivity contribution in [3.63, 3.8) is 0 Å². The highest BCUT2D eigenvalue weighted by Gasteiger charge is 2.54. The number of hydrogen-bond acceptors (Lipinski definition) is 4. The number of rotatable bonds is 4. The predicted molar refractivity (Wildman–Crippen MR) is 123 cm³/mol. The van der Waals surface area contributed by atoms with E-state index in [9.17, 15) is 18.8 Å². The molecule has 8 heteroatoms. The average molecular weight is 466 g/mol. The van der Waals surface area contributed by atoms with Crippen molar-refractivity contribution in [2.75, 3.05) is 19.7 Å². The van der Waals surface area contributed by atoms with Crippen molar-refractivity contribution in [1.82, 2.24) is 15.1 Å². The van der Waals surface area contributed by atoms with Crippen LogP contribution in [-0.2, 0) is 9.53 Å². The van der Waals surface area contributed by atoms with Gasteiger partial charge in [-0.05, 0) is 55.7 Å². The van der Waals surface area contributed by atoms with E-state index in [2.05, 4.69) is 5.32 Å². The minimum absolute atomic E-state index is 0.127. The van der Waals surface area contributed by atoms with Gasteiger partial charge in [0.25, 0.3) is 11.8 Å². The van der Waals surface area contributed by atoms with E-state index in [4.69, 9.17) is 4.74 Å². The monoisotopic (exact) mass is 465 g/mol. The minimum atomic E-state index is -0.954. The second-order valence-corrected chi connectivity index (χ2v) is 9.35. The normalized spacial score (nSPS) is 21.5. The van der Waals surface area contributed by atoms with Gasteiger partial charge in [-0.2, -0.15) is 0 Å². The van der Waals surface area contributed by atoms with Crippen LogP contribution in [0.25, 0.3) is 0 Å². The third-order valence-electron chi connectivity index (χ3n) is 7.00. The van der Waals surface area contributed by atoms with Crippen LogP contribution in [0.15, 0.2) is 48.5 Å². The van der Waals surface area contributed by atoms with Gasteiger partial charge < -0.3 is 15.0 Å². The van der Waals surface area contributed by atoms with Crippen LogP contribution in [0.3, 0.4) is 0 Å². The Bertz CT molecular complexity index is 1110. The highest BCUT2D eigenvalue weighted by molar-refractivity contribution is 5.99. The Morgan fingerprint density at radius 1 is 1.00 bits per heavy atom. The van der Waals surface area contributed by atoms with Crippen LogP contribution in [0.1, 0.15) is 52.0 Å². The summed E-state index contributed by atoms with van der Waals surface area (Å²) in [4.78, 5) is 43.1. The summed E-state index contributed by atoms with van der Waals surface area (Å²) in [6, 6.07) is 12.3. The third kappa shape index (κ3) is 4.18. The second-order valence-electron chi connectivity index (χ2n) is 9.35.